The monoisotopic (exact) mass is 444 g/mol. The molecule has 0 aliphatic carbocycles. The van der Waals surface area contributed by atoms with E-state index in [1.54, 1.807) is 11.7 Å². The lowest BCUT2D eigenvalue weighted by Crippen LogP contribution is -2.22. The lowest BCUT2D eigenvalue weighted by atomic mass is 10.2. The average molecular weight is 445 g/mol. The summed E-state index contributed by atoms with van der Waals surface area (Å²) in [5.41, 5.74) is 0.656. The van der Waals surface area contributed by atoms with Crippen molar-refractivity contribution in [2.45, 2.75) is 30.7 Å². The molecule has 1 N–H and O–H groups in total. The van der Waals surface area contributed by atoms with E-state index in [2.05, 4.69) is 25.7 Å². The minimum absolute atomic E-state index is 0.170. The third-order valence-corrected chi connectivity index (χ3v) is 6.55. The average Bonchev–Trinajstić information content (AvgIpc) is 3.46. The summed E-state index contributed by atoms with van der Waals surface area (Å²) < 4.78 is 13.1. The van der Waals surface area contributed by atoms with Crippen LogP contribution in [-0.4, -0.2) is 43.2 Å². The minimum atomic E-state index is -0.398. The van der Waals surface area contributed by atoms with Gasteiger partial charge in [-0.1, -0.05) is 42.2 Å². The van der Waals surface area contributed by atoms with Crippen molar-refractivity contribution in [1.29, 1.82) is 0 Å². The van der Waals surface area contributed by atoms with Gasteiger partial charge in [-0.25, -0.2) is 0 Å². The molecule has 3 aromatic heterocycles. The normalized spacial score (nSPS) is 12.3. The lowest BCUT2D eigenvalue weighted by Gasteiger charge is -2.09. The van der Waals surface area contributed by atoms with Gasteiger partial charge in [-0.05, 0) is 25.5 Å². The number of methoxy groups -OCH3 is 1. The first-order valence-corrected chi connectivity index (χ1v) is 11.0. The highest BCUT2D eigenvalue weighted by Crippen LogP contribution is 2.34. The SMILES string of the molecule is CCc1nnc(NC(=O)[C@@H](C)Sc2nnc(-c3cc4cccc(OC)c4o3)n2C)s1. The van der Waals surface area contributed by atoms with Gasteiger partial charge in [0.25, 0.3) is 0 Å². The van der Waals surface area contributed by atoms with Gasteiger partial charge in [-0.3, -0.25) is 10.1 Å². The number of ether oxygens (including phenoxy) is 1. The second-order valence-electron chi connectivity index (χ2n) is 6.46. The van der Waals surface area contributed by atoms with Crippen LogP contribution < -0.4 is 10.1 Å². The van der Waals surface area contributed by atoms with Gasteiger partial charge in [0.05, 0.1) is 12.4 Å². The number of hydrogen-bond acceptors (Lipinski definition) is 9. The van der Waals surface area contributed by atoms with Crippen molar-refractivity contribution >= 4 is 45.1 Å². The summed E-state index contributed by atoms with van der Waals surface area (Å²) in [7, 11) is 3.44. The third-order valence-electron chi connectivity index (χ3n) is 4.43. The molecule has 4 rings (SSSR count). The highest BCUT2D eigenvalue weighted by molar-refractivity contribution is 8.00. The van der Waals surface area contributed by atoms with Crippen molar-refractivity contribution in [1.82, 2.24) is 25.0 Å². The second kappa shape index (κ2) is 8.44. The zero-order chi connectivity index (χ0) is 21.3. The number of fused-ring (bicyclic) bond motifs is 1. The number of furan rings is 1. The van der Waals surface area contributed by atoms with Crippen LogP contribution in [0.15, 0.2) is 33.8 Å². The third kappa shape index (κ3) is 3.90. The maximum absolute atomic E-state index is 12.5. The number of thioether (sulfide) groups is 1. The molecule has 0 saturated heterocycles. The molecule has 1 aromatic carbocycles. The van der Waals surface area contributed by atoms with Crippen LogP contribution in [0.3, 0.4) is 0 Å². The summed E-state index contributed by atoms with van der Waals surface area (Å²) in [6, 6.07) is 7.59. The number of benzene rings is 1. The van der Waals surface area contributed by atoms with Gasteiger partial charge in [0, 0.05) is 12.4 Å². The molecule has 0 unspecified atom stereocenters. The van der Waals surface area contributed by atoms with E-state index in [4.69, 9.17) is 9.15 Å². The number of anilines is 1. The molecule has 0 fully saturated rings. The van der Waals surface area contributed by atoms with Crippen LogP contribution in [0.5, 0.6) is 5.75 Å². The Morgan fingerprint density at radius 2 is 2.17 bits per heavy atom. The van der Waals surface area contributed by atoms with Crippen LogP contribution in [0.1, 0.15) is 18.9 Å². The number of carbonyl (C=O) groups excluding carboxylic acids is 1. The first-order valence-electron chi connectivity index (χ1n) is 9.26. The Kier molecular flexibility index (Phi) is 5.73. The largest absolute Gasteiger partial charge is 0.493 e. The van der Waals surface area contributed by atoms with E-state index in [9.17, 15) is 4.79 Å². The molecule has 0 aliphatic heterocycles. The maximum Gasteiger partial charge on any atom is 0.239 e. The zero-order valence-electron chi connectivity index (χ0n) is 16.9. The number of hydrogen-bond donors (Lipinski definition) is 1. The molecule has 0 saturated carbocycles. The van der Waals surface area contributed by atoms with Crippen LogP contribution in [0, 0.1) is 0 Å². The number of amides is 1. The van der Waals surface area contributed by atoms with Crippen LogP contribution in [0.4, 0.5) is 5.13 Å². The van der Waals surface area contributed by atoms with Gasteiger partial charge in [-0.2, -0.15) is 0 Å². The van der Waals surface area contributed by atoms with Gasteiger partial charge in [0.15, 0.2) is 28.1 Å². The Morgan fingerprint density at radius 1 is 1.33 bits per heavy atom. The van der Waals surface area contributed by atoms with E-state index in [0.29, 0.717) is 33.2 Å². The fraction of sp³-hybridized carbons (Fsp3) is 0.316. The first-order chi connectivity index (χ1) is 14.5. The molecule has 11 heteroatoms. The number of nitrogens with one attached hydrogen (secondary N) is 1. The Labute approximate surface area is 180 Å². The smallest absolute Gasteiger partial charge is 0.239 e. The Balaban J connectivity index is 1.51. The lowest BCUT2D eigenvalue weighted by molar-refractivity contribution is -0.115. The maximum atomic E-state index is 12.5. The summed E-state index contributed by atoms with van der Waals surface area (Å²) in [6.07, 6.45) is 0.785. The fourth-order valence-corrected chi connectivity index (χ4v) is 4.30. The van der Waals surface area contributed by atoms with E-state index in [-0.39, 0.29) is 5.91 Å². The highest BCUT2D eigenvalue weighted by atomic mass is 32.2. The molecule has 0 aliphatic rings. The fourth-order valence-electron chi connectivity index (χ4n) is 2.81. The molecule has 0 radical (unpaired) electrons. The van der Waals surface area contributed by atoms with E-state index < -0.39 is 5.25 Å². The van der Waals surface area contributed by atoms with Crippen molar-refractivity contribution < 1.29 is 13.9 Å². The molecule has 0 spiro atoms. The number of para-hydroxylation sites is 1. The van der Waals surface area contributed by atoms with E-state index in [1.807, 2.05) is 45.2 Å². The number of carbonyl (C=O) groups is 1. The highest BCUT2D eigenvalue weighted by Gasteiger charge is 2.22. The predicted molar refractivity (Wildman–Crippen MR) is 116 cm³/mol. The zero-order valence-corrected chi connectivity index (χ0v) is 18.5. The standard InChI is InChI=1S/C19H20N6O3S2/c1-5-14-21-23-18(30-14)20-17(26)10(2)29-19-24-22-16(25(19)3)13-9-11-7-6-8-12(27-4)15(11)28-13/h6-10H,5H2,1-4H3,(H,20,23,26)/t10-/m1/s1. The Bertz CT molecular complexity index is 1200. The molecule has 0 bridgehead atoms. The number of nitrogens with zero attached hydrogens (tertiary/aromatic N) is 5. The molecule has 3 heterocycles. The number of rotatable bonds is 7. The van der Waals surface area contributed by atoms with E-state index in [0.717, 1.165) is 16.8 Å². The van der Waals surface area contributed by atoms with Gasteiger partial charge >= 0.3 is 0 Å². The Hall–Kier alpha value is -2.92. The first kappa shape index (κ1) is 20.4. The Morgan fingerprint density at radius 3 is 2.90 bits per heavy atom. The number of aryl methyl sites for hydroxylation is 1. The van der Waals surface area contributed by atoms with E-state index in [1.165, 1.54) is 23.1 Å². The summed E-state index contributed by atoms with van der Waals surface area (Å²) in [5, 5.41) is 21.8. The molecular weight excluding hydrogens is 424 g/mol. The molecule has 1 atom stereocenters. The van der Waals surface area contributed by atoms with Crippen LogP contribution in [0.25, 0.3) is 22.6 Å². The number of aromatic nitrogens is 5. The van der Waals surface area contributed by atoms with Crippen LogP contribution in [-0.2, 0) is 18.3 Å². The summed E-state index contributed by atoms with van der Waals surface area (Å²) in [5.74, 6) is 1.63. The van der Waals surface area contributed by atoms with Gasteiger partial charge in [-0.15, -0.1) is 20.4 Å². The molecule has 30 heavy (non-hydrogen) atoms. The summed E-state index contributed by atoms with van der Waals surface area (Å²) >= 11 is 2.68. The van der Waals surface area contributed by atoms with Gasteiger partial charge < -0.3 is 13.7 Å². The summed E-state index contributed by atoms with van der Waals surface area (Å²) in [6.45, 7) is 3.80. The second-order valence-corrected chi connectivity index (χ2v) is 8.83. The topological polar surface area (TPSA) is 108 Å². The van der Waals surface area contributed by atoms with Crippen molar-refractivity contribution in [2.24, 2.45) is 7.05 Å². The molecule has 1 amide bonds. The predicted octanol–water partition coefficient (Wildman–Crippen LogP) is 3.77. The van der Waals surface area contributed by atoms with Crippen LogP contribution in [0.2, 0.25) is 0 Å². The van der Waals surface area contributed by atoms with Crippen LogP contribution >= 0.6 is 23.1 Å². The molecule has 156 valence electrons. The molecule has 9 nitrogen and oxygen atoms in total. The van der Waals surface area contributed by atoms with Crippen molar-refractivity contribution in [3.63, 3.8) is 0 Å². The molecule has 4 aromatic rings. The van der Waals surface area contributed by atoms with Gasteiger partial charge in [0.2, 0.25) is 11.0 Å². The van der Waals surface area contributed by atoms with E-state index >= 15 is 0 Å². The molecular formula is C19H20N6O3S2. The minimum Gasteiger partial charge on any atom is -0.493 e. The van der Waals surface area contributed by atoms with Crippen molar-refractivity contribution in [3.8, 4) is 17.3 Å². The van der Waals surface area contributed by atoms with Crippen molar-refractivity contribution in [3.05, 3.63) is 29.3 Å². The quantitative estimate of drug-likeness (QED) is 0.429. The summed E-state index contributed by atoms with van der Waals surface area (Å²) in [4.78, 5) is 12.5. The van der Waals surface area contributed by atoms with Gasteiger partial charge in [0.1, 0.15) is 5.01 Å². The van der Waals surface area contributed by atoms with Crippen molar-refractivity contribution in [2.75, 3.05) is 12.4 Å².